The molecule has 0 radical (unpaired) electrons. The standard InChI is InChI=1S/C12H23FNO6P/c1-8(19-10(15)12(2,3)4)20-11(16)14-7-6-9(13)21(5,17)18/h8-9H,6-7H2,1-5H3,(H,14,16)(H,17,18). The van der Waals surface area contributed by atoms with Crippen LogP contribution in [0.25, 0.3) is 0 Å². The highest BCUT2D eigenvalue weighted by molar-refractivity contribution is 7.57. The molecular formula is C12H23FNO6P. The van der Waals surface area contributed by atoms with Gasteiger partial charge in [-0.25, -0.2) is 9.18 Å². The minimum absolute atomic E-state index is 0.168. The number of alkyl carbamates (subject to hydrolysis) is 1. The van der Waals surface area contributed by atoms with Gasteiger partial charge in [0.2, 0.25) is 13.7 Å². The van der Waals surface area contributed by atoms with Crippen molar-refractivity contribution in [2.45, 2.75) is 46.3 Å². The fourth-order valence-electron chi connectivity index (χ4n) is 1.08. The van der Waals surface area contributed by atoms with E-state index in [-0.39, 0.29) is 13.0 Å². The molecule has 7 nitrogen and oxygen atoms in total. The number of amides is 1. The lowest BCUT2D eigenvalue weighted by molar-refractivity contribution is -0.174. The predicted octanol–water partition coefficient (Wildman–Crippen LogP) is 2.23. The highest BCUT2D eigenvalue weighted by atomic mass is 31.2. The molecular weight excluding hydrogens is 304 g/mol. The first kappa shape index (κ1) is 19.9. The number of ether oxygens (including phenoxy) is 2. The van der Waals surface area contributed by atoms with Crippen molar-refractivity contribution in [2.75, 3.05) is 13.2 Å². The van der Waals surface area contributed by atoms with Gasteiger partial charge in [-0.3, -0.25) is 9.36 Å². The van der Waals surface area contributed by atoms with Gasteiger partial charge in [0, 0.05) is 26.6 Å². The molecule has 3 unspecified atom stereocenters. The van der Waals surface area contributed by atoms with Crippen molar-refractivity contribution in [1.82, 2.24) is 5.32 Å². The monoisotopic (exact) mass is 327 g/mol. The van der Waals surface area contributed by atoms with E-state index in [2.05, 4.69) is 5.32 Å². The summed E-state index contributed by atoms with van der Waals surface area (Å²) in [6.07, 6.45) is -2.30. The number of nitrogens with one attached hydrogen (secondary N) is 1. The lowest BCUT2D eigenvalue weighted by Gasteiger charge is -2.21. The number of hydrogen-bond donors (Lipinski definition) is 2. The first-order valence-electron chi connectivity index (χ1n) is 6.43. The van der Waals surface area contributed by atoms with Crippen molar-refractivity contribution in [3.05, 3.63) is 0 Å². The molecule has 0 aromatic carbocycles. The highest BCUT2D eigenvalue weighted by Gasteiger charge is 2.27. The minimum Gasteiger partial charge on any atom is -0.425 e. The predicted molar refractivity (Wildman–Crippen MR) is 74.8 cm³/mol. The summed E-state index contributed by atoms with van der Waals surface area (Å²) in [6, 6.07) is 0. The van der Waals surface area contributed by atoms with Crippen molar-refractivity contribution in [1.29, 1.82) is 0 Å². The molecule has 1 amide bonds. The van der Waals surface area contributed by atoms with Gasteiger partial charge in [-0.2, -0.15) is 0 Å². The molecule has 0 aliphatic rings. The second-order valence-corrected chi connectivity index (χ2v) is 8.17. The molecule has 9 heteroatoms. The van der Waals surface area contributed by atoms with Gasteiger partial charge in [-0.15, -0.1) is 0 Å². The van der Waals surface area contributed by atoms with Crippen LogP contribution in [-0.4, -0.2) is 42.4 Å². The van der Waals surface area contributed by atoms with Crippen LogP contribution < -0.4 is 5.32 Å². The fraction of sp³-hybridized carbons (Fsp3) is 0.833. The Kier molecular flexibility index (Phi) is 7.33. The van der Waals surface area contributed by atoms with Gasteiger partial charge in [-0.1, -0.05) is 0 Å². The maximum absolute atomic E-state index is 13.2. The summed E-state index contributed by atoms with van der Waals surface area (Å²) in [7, 11) is -3.81. The highest BCUT2D eigenvalue weighted by Crippen LogP contribution is 2.43. The Labute approximate surface area is 123 Å². The van der Waals surface area contributed by atoms with Crippen LogP contribution in [-0.2, 0) is 18.8 Å². The lowest BCUT2D eigenvalue weighted by Crippen LogP contribution is -2.34. The molecule has 0 rings (SSSR count). The van der Waals surface area contributed by atoms with Gasteiger partial charge in [0.25, 0.3) is 0 Å². The molecule has 0 heterocycles. The first-order chi connectivity index (χ1) is 9.34. The number of carbonyl (C=O) groups is 2. The Bertz CT molecular complexity index is 416. The minimum atomic E-state index is -3.81. The van der Waals surface area contributed by atoms with Gasteiger partial charge in [-0.05, 0) is 20.8 Å². The lowest BCUT2D eigenvalue weighted by atomic mass is 9.97. The zero-order chi connectivity index (χ0) is 16.8. The van der Waals surface area contributed by atoms with Gasteiger partial charge in [0.05, 0.1) is 5.41 Å². The van der Waals surface area contributed by atoms with E-state index in [1.807, 2.05) is 0 Å². The Hall–Kier alpha value is -1.14. The molecule has 3 atom stereocenters. The van der Waals surface area contributed by atoms with Crippen LogP contribution in [0.3, 0.4) is 0 Å². The maximum Gasteiger partial charge on any atom is 0.410 e. The van der Waals surface area contributed by atoms with Crippen molar-refractivity contribution >= 4 is 19.4 Å². The average molecular weight is 327 g/mol. The molecule has 0 spiro atoms. The Morgan fingerprint density at radius 1 is 1.33 bits per heavy atom. The largest absolute Gasteiger partial charge is 0.425 e. The summed E-state index contributed by atoms with van der Waals surface area (Å²) in [5.41, 5.74) is -0.723. The third-order valence-electron chi connectivity index (χ3n) is 2.33. The SMILES string of the molecule is CC(OC(=O)NCCC(F)P(C)(=O)O)OC(=O)C(C)(C)C. The zero-order valence-electron chi connectivity index (χ0n) is 12.9. The molecule has 0 aliphatic carbocycles. The van der Waals surface area contributed by atoms with Crippen molar-refractivity contribution in [3.63, 3.8) is 0 Å². The van der Waals surface area contributed by atoms with E-state index in [1.54, 1.807) is 20.8 Å². The zero-order valence-corrected chi connectivity index (χ0v) is 13.8. The van der Waals surface area contributed by atoms with Gasteiger partial charge < -0.3 is 19.7 Å². The van der Waals surface area contributed by atoms with E-state index in [0.717, 1.165) is 6.66 Å². The topological polar surface area (TPSA) is 102 Å². The Balaban J connectivity index is 4.05. The quantitative estimate of drug-likeness (QED) is 0.441. The molecule has 0 fully saturated rings. The maximum atomic E-state index is 13.2. The molecule has 0 aromatic heterocycles. The summed E-state index contributed by atoms with van der Waals surface area (Å²) in [4.78, 5) is 31.8. The van der Waals surface area contributed by atoms with E-state index in [4.69, 9.17) is 14.4 Å². The number of halogens is 1. The number of esters is 1. The summed E-state index contributed by atoms with van der Waals surface area (Å²) < 4.78 is 33.7. The third kappa shape index (κ3) is 8.67. The van der Waals surface area contributed by atoms with Crippen LogP contribution in [0.5, 0.6) is 0 Å². The van der Waals surface area contributed by atoms with E-state index >= 15 is 0 Å². The van der Waals surface area contributed by atoms with Crippen LogP contribution in [0, 0.1) is 5.41 Å². The fourth-order valence-corrected chi connectivity index (χ4v) is 1.69. The van der Waals surface area contributed by atoms with Gasteiger partial charge in [0.15, 0.2) is 5.91 Å². The van der Waals surface area contributed by atoms with Crippen molar-refractivity contribution < 1.29 is 32.9 Å². The van der Waals surface area contributed by atoms with E-state index in [1.165, 1.54) is 6.92 Å². The molecule has 0 aliphatic heterocycles. The number of carbonyl (C=O) groups excluding carboxylic acids is 2. The normalized spacial score (nSPS) is 17.3. The van der Waals surface area contributed by atoms with Crippen LogP contribution in [0.4, 0.5) is 9.18 Å². The van der Waals surface area contributed by atoms with E-state index < -0.39 is 37.0 Å². The average Bonchev–Trinajstić information content (AvgIpc) is 2.25. The van der Waals surface area contributed by atoms with Crippen LogP contribution in [0.15, 0.2) is 0 Å². The van der Waals surface area contributed by atoms with Crippen LogP contribution >= 0.6 is 7.37 Å². The second kappa shape index (κ2) is 7.75. The van der Waals surface area contributed by atoms with Gasteiger partial charge in [0.1, 0.15) is 0 Å². The number of hydrogen-bond acceptors (Lipinski definition) is 5. The third-order valence-corrected chi connectivity index (χ3v) is 3.63. The molecule has 124 valence electrons. The number of rotatable bonds is 6. The second-order valence-electron chi connectivity index (χ2n) is 5.72. The van der Waals surface area contributed by atoms with Gasteiger partial charge >= 0.3 is 12.1 Å². The summed E-state index contributed by atoms with van der Waals surface area (Å²) >= 11 is 0. The van der Waals surface area contributed by atoms with Crippen LogP contribution in [0.1, 0.15) is 34.1 Å². The van der Waals surface area contributed by atoms with Crippen molar-refractivity contribution in [3.8, 4) is 0 Å². The van der Waals surface area contributed by atoms with E-state index in [0.29, 0.717) is 0 Å². The first-order valence-corrected chi connectivity index (χ1v) is 8.61. The van der Waals surface area contributed by atoms with Crippen molar-refractivity contribution in [2.24, 2.45) is 5.41 Å². The Morgan fingerprint density at radius 3 is 2.29 bits per heavy atom. The summed E-state index contributed by atoms with van der Waals surface area (Å²) in [5.74, 6) is -2.44. The molecule has 0 saturated carbocycles. The number of alkyl halides is 1. The smallest absolute Gasteiger partial charge is 0.410 e. The molecule has 0 saturated heterocycles. The summed E-state index contributed by atoms with van der Waals surface area (Å²) in [6.45, 7) is 7.07. The Morgan fingerprint density at radius 2 is 1.86 bits per heavy atom. The molecule has 2 N–H and O–H groups in total. The molecule has 0 bridgehead atoms. The van der Waals surface area contributed by atoms with Crippen LogP contribution in [0.2, 0.25) is 0 Å². The summed E-state index contributed by atoms with van der Waals surface area (Å²) in [5, 5.41) is 2.20. The molecule has 0 aromatic rings. The molecule has 21 heavy (non-hydrogen) atoms. The van der Waals surface area contributed by atoms with E-state index in [9.17, 15) is 18.5 Å².